The Labute approximate surface area is 115 Å². The summed E-state index contributed by atoms with van der Waals surface area (Å²) < 4.78 is 39.7. The Hall–Kier alpha value is -0.820. The summed E-state index contributed by atoms with van der Waals surface area (Å²) in [5, 5.41) is 12.5. The topological polar surface area (TPSA) is 35.5 Å². The number of piperazine rings is 1. The molecule has 1 aromatic rings. The number of hydrogen-bond acceptors (Lipinski definition) is 3. The minimum atomic E-state index is -1.21. The predicted octanol–water partition coefficient (Wildman–Crippen LogP) is 1.46. The lowest BCUT2D eigenvalue weighted by atomic mass is 10.0. The minimum absolute atomic E-state index is 0. The summed E-state index contributed by atoms with van der Waals surface area (Å²) >= 11 is 0. The summed E-state index contributed by atoms with van der Waals surface area (Å²) in [7, 11) is 0. The molecule has 1 aliphatic heterocycles. The summed E-state index contributed by atoms with van der Waals surface area (Å²) in [6.45, 7) is 2.37. The van der Waals surface area contributed by atoms with Gasteiger partial charge in [-0.25, -0.2) is 13.2 Å². The van der Waals surface area contributed by atoms with Gasteiger partial charge in [0.2, 0.25) is 0 Å². The van der Waals surface area contributed by atoms with Crippen LogP contribution in [0.15, 0.2) is 12.1 Å². The molecular weight excluding hydrogens is 281 g/mol. The first-order valence-electron chi connectivity index (χ1n) is 5.83. The zero-order valence-corrected chi connectivity index (χ0v) is 11.0. The molecule has 0 saturated carbocycles. The van der Waals surface area contributed by atoms with Crippen molar-refractivity contribution in [2.45, 2.75) is 6.04 Å². The Morgan fingerprint density at radius 2 is 1.68 bits per heavy atom. The number of hydrogen-bond donors (Lipinski definition) is 2. The molecule has 0 amide bonds. The largest absolute Gasteiger partial charge is 0.394 e. The molecule has 0 aliphatic carbocycles. The first-order valence-corrected chi connectivity index (χ1v) is 5.83. The van der Waals surface area contributed by atoms with E-state index in [4.69, 9.17) is 0 Å². The molecule has 1 atom stereocenters. The molecule has 1 aromatic carbocycles. The maximum atomic E-state index is 13.7. The number of halogens is 4. The van der Waals surface area contributed by atoms with Crippen molar-refractivity contribution >= 4 is 12.4 Å². The van der Waals surface area contributed by atoms with Crippen LogP contribution in [-0.2, 0) is 0 Å². The van der Waals surface area contributed by atoms with E-state index in [2.05, 4.69) is 5.32 Å². The molecule has 0 unspecified atom stereocenters. The van der Waals surface area contributed by atoms with E-state index in [1.165, 1.54) is 0 Å². The first-order chi connectivity index (χ1) is 8.63. The number of nitrogens with one attached hydrogen (secondary N) is 1. The molecule has 0 aromatic heterocycles. The molecule has 1 aliphatic rings. The highest BCUT2D eigenvalue weighted by Crippen LogP contribution is 2.25. The molecular formula is C12H16ClF3N2O. The molecule has 19 heavy (non-hydrogen) atoms. The van der Waals surface area contributed by atoms with Crippen LogP contribution in [0.25, 0.3) is 0 Å². The number of aliphatic hydroxyl groups is 1. The van der Waals surface area contributed by atoms with Gasteiger partial charge in [0.25, 0.3) is 0 Å². The van der Waals surface area contributed by atoms with Gasteiger partial charge in [0.15, 0.2) is 11.6 Å². The second-order valence-corrected chi connectivity index (χ2v) is 4.27. The van der Waals surface area contributed by atoms with E-state index in [1.54, 1.807) is 0 Å². The minimum Gasteiger partial charge on any atom is -0.394 e. The third-order valence-electron chi connectivity index (χ3n) is 3.16. The van der Waals surface area contributed by atoms with Crippen LogP contribution in [0.1, 0.15) is 11.6 Å². The molecule has 0 spiro atoms. The summed E-state index contributed by atoms with van der Waals surface area (Å²) in [5.41, 5.74) is -0.00157. The van der Waals surface area contributed by atoms with Crippen molar-refractivity contribution < 1.29 is 18.3 Å². The Kier molecular flexibility index (Phi) is 6.06. The molecule has 108 valence electrons. The average molecular weight is 297 g/mol. The van der Waals surface area contributed by atoms with Crippen LogP contribution in [0, 0.1) is 17.5 Å². The van der Waals surface area contributed by atoms with Gasteiger partial charge in [0.05, 0.1) is 12.6 Å². The van der Waals surface area contributed by atoms with Crippen LogP contribution >= 0.6 is 12.4 Å². The van der Waals surface area contributed by atoms with Crippen molar-refractivity contribution in [1.82, 2.24) is 10.2 Å². The fraction of sp³-hybridized carbons (Fsp3) is 0.500. The number of aliphatic hydroxyl groups excluding tert-OH is 1. The van der Waals surface area contributed by atoms with Crippen LogP contribution in [0.5, 0.6) is 0 Å². The van der Waals surface area contributed by atoms with Gasteiger partial charge in [-0.2, -0.15) is 0 Å². The van der Waals surface area contributed by atoms with Crippen molar-refractivity contribution in [3.63, 3.8) is 0 Å². The normalized spacial score (nSPS) is 17.9. The molecule has 2 N–H and O–H groups in total. The molecule has 2 rings (SSSR count). The third-order valence-corrected chi connectivity index (χ3v) is 3.16. The number of benzene rings is 1. The Balaban J connectivity index is 0.00000180. The van der Waals surface area contributed by atoms with Gasteiger partial charge in [-0.15, -0.1) is 12.4 Å². The maximum Gasteiger partial charge on any atom is 0.161 e. The van der Waals surface area contributed by atoms with Crippen molar-refractivity contribution in [3.8, 4) is 0 Å². The molecule has 3 nitrogen and oxygen atoms in total. The average Bonchev–Trinajstić information content (AvgIpc) is 2.38. The van der Waals surface area contributed by atoms with E-state index in [-0.39, 0.29) is 24.6 Å². The van der Waals surface area contributed by atoms with Crippen LogP contribution in [0.3, 0.4) is 0 Å². The zero-order chi connectivity index (χ0) is 13.1. The lowest BCUT2D eigenvalue weighted by Gasteiger charge is -2.34. The monoisotopic (exact) mass is 296 g/mol. The Morgan fingerprint density at radius 1 is 1.11 bits per heavy atom. The third kappa shape index (κ3) is 3.60. The standard InChI is InChI=1S/C12H15F3N2O.ClH/c13-9-6-11(15)10(14)5-8(9)12(7-18)17-3-1-16-2-4-17;/h5-6,12,16,18H,1-4,7H2;1H/t12-;/m1./s1. The summed E-state index contributed by atoms with van der Waals surface area (Å²) in [4.78, 5) is 1.85. The molecule has 7 heteroatoms. The fourth-order valence-corrected chi connectivity index (χ4v) is 2.20. The van der Waals surface area contributed by atoms with Crippen molar-refractivity contribution in [1.29, 1.82) is 0 Å². The van der Waals surface area contributed by atoms with E-state index in [1.807, 2.05) is 4.90 Å². The zero-order valence-electron chi connectivity index (χ0n) is 10.2. The SMILES string of the molecule is Cl.OC[C@H](c1cc(F)c(F)cc1F)N1CCNCC1. The van der Waals surface area contributed by atoms with Gasteiger partial charge in [0, 0.05) is 37.8 Å². The van der Waals surface area contributed by atoms with E-state index >= 15 is 0 Å². The van der Waals surface area contributed by atoms with Gasteiger partial charge in [0.1, 0.15) is 5.82 Å². The lowest BCUT2D eigenvalue weighted by Crippen LogP contribution is -2.46. The first kappa shape index (κ1) is 16.2. The van der Waals surface area contributed by atoms with Crippen molar-refractivity contribution in [2.24, 2.45) is 0 Å². The van der Waals surface area contributed by atoms with Gasteiger partial charge in [-0.1, -0.05) is 0 Å². The van der Waals surface area contributed by atoms with E-state index in [0.29, 0.717) is 19.2 Å². The van der Waals surface area contributed by atoms with Gasteiger partial charge in [-0.3, -0.25) is 4.90 Å². The quantitative estimate of drug-likeness (QED) is 0.829. The second-order valence-electron chi connectivity index (χ2n) is 4.27. The van der Waals surface area contributed by atoms with Crippen molar-refractivity contribution in [2.75, 3.05) is 32.8 Å². The highest BCUT2D eigenvalue weighted by molar-refractivity contribution is 5.85. The van der Waals surface area contributed by atoms with Gasteiger partial charge >= 0.3 is 0 Å². The summed E-state index contributed by atoms with van der Waals surface area (Å²) in [6, 6.07) is 0.713. The predicted molar refractivity (Wildman–Crippen MR) is 67.8 cm³/mol. The number of rotatable bonds is 3. The molecule has 0 bridgehead atoms. The fourth-order valence-electron chi connectivity index (χ4n) is 2.20. The molecule has 1 saturated heterocycles. The Bertz CT molecular complexity index is 428. The maximum absolute atomic E-state index is 13.7. The highest BCUT2D eigenvalue weighted by atomic mass is 35.5. The van der Waals surface area contributed by atoms with E-state index in [9.17, 15) is 18.3 Å². The molecule has 0 radical (unpaired) electrons. The highest BCUT2D eigenvalue weighted by Gasteiger charge is 2.25. The lowest BCUT2D eigenvalue weighted by molar-refractivity contribution is 0.108. The Morgan fingerprint density at radius 3 is 2.26 bits per heavy atom. The van der Waals surface area contributed by atoms with Gasteiger partial charge < -0.3 is 10.4 Å². The molecule has 1 heterocycles. The van der Waals surface area contributed by atoms with Gasteiger partial charge in [-0.05, 0) is 6.07 Å². The van der Waals surface area contributed by atoms with E-state index in [0.717, 1.165) is 19.2 Å². The van der Waals surface area contributed by atoms with Crippen LogP contribution in [0.4, 0.5) is 13.2 Å². The smallest absolute Gasteiger partial charge is 0.161 e. The molecule has 1 fully saturated rings. The van der Waals surface area contributed by atoms with Crippen LogP contribution < -0.4 is 5.32 Å². The second kappa shape index (κ2) is 7.09. The van der Waals surface area contributed by atoms with Crippen molar-refractivity contribution in [3.05, 3.63) is 35.1 Å². The summed E-state index contributed by atoms with van der Waals surface area (Å²) in [5.74, 6) is -3.14. The van der Waals surface area contributed by atoms with Crippen LogP contribution in [0.2, 0.25) is 0 Å². The summed E-state index contributed by atoms with van der Waals surface area (Å²) in [6.07, 6.45) is 0. The number of nitrogens with zero attached hydrogens (tertiary/aromatic N) is 1. The van der Waals surface area contributed by atoms with Crippen LogP contribution in [-0.4, -0.2) is 42.8 Å². The van der Waals surface area contributed by atoms with E-state index < -0.39 is 23.5 Å².